The van der Waals surface area contributed by atoms with Crippen LogP contribution in [0.4, 0.5) is 10.5 Å². The highest BCUT2D eigenvalue weighted by Crippen LogP contribution is 2.47. The molecule has 4 aliphatic heterocycles. The molecule has 0 bridgehead atoms. The van der Waals surface area contributed by atoms with Gasteiger partial charge in [-0.3, -0.25) is 24.6 Å². The Kier molecular flexibility index (Phi) is 10.5. The predicted octanol–water partition coefficient (Wildman–Crippen LogP) is 4.95. The van der Waals surface area contributed by atoms with Gasteiger partial charge in [0.1, 0.15) is 24.1 Å². The summed E-state index contributed by atoms with van der Waals surface area (Å²) in [6.45, 7) is 7.29. The van der Waals surface area contributed by atoms with Gasteiger partial charge in [0.05, 0.1) is 0 Å². The second kappa shape index (κ2) is 16.2. The molecule has 1 unspecified atom stereocenters. The number of benzene rings is 4. The molecule has 1 aliphatic carbocycles. The maximum Gasteiger partial charge on any atom is 0.320 e. The molecule has 4 aromatic rings. The summed E-state index contributed by atoms with van der Waals surface area (Å²) in [6.07, 6.45) is 2.54. The summed E-state index contributed by atoms with van der Waals surface area (Å²) < 4.78 is 6.22. The van der Waals surface area contributed by atoms with Crippen LogP contribution in [0.2, 0.25) is 0 Å². The minimum atomic E-state index is -0.631. The second-order valence-corrected chi connectivity index (χ2v) is 16.2. The molecule has 12 nitrogen and oxygen atoms in total. The number of aryl methyl sites for hydroxylation is 1. The molecule has 3 saturated heterocycles. The number of nitrogens with one attached hydrogen (secondary N) is 1. The number of urea groups is 1. The zero-order valence-corrected chi connectivity index (χ0v) is 32.7. The summed E-state index contributed by atoms with van der Waals surface area (Å²) in [5.41, 5.74) is 7.57. The first-order valence-corrected chi connectivity index (χ1v) is 20.7. The second-order valence-electron chi connectivity index (χ2n) is 16.2. The van der Waals surface area contributed by atoms with Gasteiger partial charge in [0.15, 0.2) is 0 Å². The van der Waals surface area contributed by atoms with Crippen LogP contribution in [0.15, 0.2) is 91.0 Å². The third kappa shape index (κ3) is 7.60. The number of carbonyl (C=O) groups excluding carboxylic acids is 4. The van der Waals surface area contributed by atoms with E-state index < -0.39 is 11.9 Å². The van der Waals surface area contributed by atoms with Gasteiger partial charge in [0.25, 0.3) is 5.91 Å². The van der Waals surface area contributed by atoms with E-state index in [4.69, 9.17) is 4.74 Å². The lowest BCUT2D eigenvalue weighted by molar-refractivity contribution is -0.136. The highest BCUT2D eigenvalue weighted by Gasteiger charge is 2.39. The predicted molar refractivity (Wildman–Crippen MR) is 219 cm³/mol. The summed E-state index contributed by atoms with van der Waals surface area (Å²) in [6, 6.07) is 30.4. The fraction of sp³-hybridized carbons (Fsp3) is 0.391. The molecule has 12 heteroatoms. The van der Waals surface area contributed by atoms with E-state index in [2.05, 4.69) is 75.8 Å². The third-order valence-corrected chi connectivity index (χ3v) is 12.8. The standard InChI is InChI=1S/C46H50N6O6/c53-36-10-15-39-33(29-36)8-13-38(31-4-2-1-3-5-31)43(39)32-6-11-37(12-7-32)58-27-26-48-18-20-50(21-19-48)46(57)51-24-22-49(23-25-51)35-9-14-40-34(28-35)30-52(45(40)56)41-16-17-42(54)47-44(41)55/h1-7,9-12,14-15,28-29,38,41,43,53H,8,13,16-27,30H2,(H,47,54,55)/t38-,41?,43+/m1/s1. The smallest absolute Gasteiger partial charge is 0.320 e. The molecule has 4 heterocycles. The highest BCUT2D eigenvalue weighted by molar-refractivity contribution is 6.05. The van der Waals surface area contributed by atoms with Gasteiger partial charge in [0, 0.05) is 89.0 Å². The molecule has 0 spiro atoms. The summed E-state index contributed by atoms with van der Waals surface area (Å²) >= 11 is 0. The number of hydrogen-bond donors (Lipinski definition) is 2. The highest BCUT2D eigenvalue weighted by atomic mass is 16.5. The van der Waals surface area contributed by atoms with Gasteiger partial charge in [-0.1, -0.05) is 48.5 Å². The number of fused-ring (bicyclic) bond motifs is 2. The maximum atomic E-state index is 13.5. The number of carbonyl (C=O) groups is 4. The number of piperazine rings is 2. The summed E-state index contributed by atoms with van der Waals surface area (Å²) in [4.78, 5) is 60.8. The van der Waals surface area contributed by atoms with Crippen LogP contribution in [0.25, 0.3) is 0 Å². The van der Waals surface area contributed by atoms with Crippen molar-refractivity contribution in [1.29, 1.82) is 0 Å². The number of ether oxygens (including phenoxy) is 1. The van der Waals surface area contributed by atoms with Crippen molar-refractivity contribution >= 4 is 29.4 Å². The molecule has 0 saturated carbocycles. The van der Waals surface area contributed by atoms with E-state index in [0.717, 1.165) is 49.5 Å². The Morgan fingerprint density at radius 2 is 1.48 bits per heavy atom. The Bertz CT molecular complexity index is 2180. The Hall–Kier alpha value is -5.88. The number of nitrogens with zero attached hydrogens (tertiary/aromatic N) is 5. The van der Waals surface area contributed by atoms with Crippen molar-refractivity contribution in [3.63, 3.8) is 0 Å². The van der Waals surface area contributed by atoms with Gasteiger partial charge < -0.3 is 29.4 Å². The maximum absolute atomic E-state index is 13.5. The molecule has 3 atom stereocenters. The number of imide groups is 1. The molecule has 5 amide bonds. The zero-order chi connectivity index (χ0) is 39.8. The third-order valence-electron chi connectivity index (χ3n) is 12.8. The molecule has 4 aromatic carbocycles. The lowest BCUT2D eigenvalue weighted by Gasteiger charge is -2.41. The van der Waals surface area contributed by atoms with Crippen LogP contribution in [0.3, 0.4) is 0 Å². The first-order valence-electron chi connectivity index (χ1n) is 20.7. The lowest BCUT2D eigenvalue weighted by atomic mass is 9.69. The van der Waals surface area contributed by atoms with Crippen molar-refractivity contribution in [3.05, 3.63) is 124 Å². The Labute approximate surface area is 339 Å². The number of piperidine rings is 1. The number of aromatic hydroxyl groups is 1. The first kappa shape index (κ1) is 37.7. The van der Waals surface area contributed by atoms with E-state index in [-0.39, 0.29) is 30.2 Å². The molecule has 9 rings (SSSR count). The van der Waals surface area contributed by atoms with Gasteiger partial charge in [-0.25, -0.2) is 4.79 Å². The van der Waals surface area contributed by atoms with Crippen LogP contribution >= 0.6 is 0 Å². The molecule has 0 radical (unpaired) electrons. The summed E-state index contributed by atoms with van der Waals surface area (Å²) in [5, 5.41) is 12.5. The SMILES string of the molecule is O=C1CCC(N2Cc3cc(N4CCN(C(=O)N5CCN(CCOc6ccc([C@@H]7c8ccc(O)cc8CC[C@@H]7c7ccccc7)cc6)CC5)CC4)ccc3C2=O)C(=O)N1. The van der Waals surface area contributed by atoms with Crippen molar-refractivity contribution in [3.8, 4) is 11.5 Å². The monoisotopic (exact) mass is 782 g/mol. The molecule has 3 fully saturated rings. The molecule has 0 aromatic heterocycles. The molecule has 2 N–H and O–H groups in total. The number of anilines is 1. The van der Waals surface area contributed by atoms with Gasteiger partial charge in [-0.05, 0) is 95.5 Å². The van der Waals surface area contributed by atoms with Crippen LogP contribution < -0.4 is 15.0 Å². The number of hydrogen-bond acceptors (Lipinski definition) is 8. The van der Waals surface area contributed by atoms with Crippen LogP contribution in [-0.2, 0) is 22.6 Å². The van der Waals surface area contributed by atoms with Gasteiger partial charge >= 0.3 is 6.03 Å². The van der Waals surface area contributed by atoms with Crippen LogP contribution in [0, 0.1) is 0 Å². The van der Waals surface area contributed by atoms with Crippen LogP contribution in [-0.4, -0.2) is 120 Å². The number of rotatable bonds is 8. The quantitative estimate of drug-likeness (QED) is 0.241. The minimum Gasteiger partial charge on any atom is -0.508 e. The number of amides is 5. The van der Waals surface area contributed by atoms with E-state index >= 15 is 0 Å². The van der Waals surface area contributed by atoms with E-state index in [1.807, 2.05) is 34.1 Å². The van der Waals surface area contributed by atoms with Crippen LogP contribution in [0.1, 0.15) is 69.3 Å². The summed E-state index contributed by atoms with van der Waals surface area (Å²) in [7, 11) is 0. The number of phenolic OH excluding ortho intramolecular Hbond substituents is 1. The molecular weight excluding hydrogens is 733 g/mol. The zero-order valence-electron chi connectivity index (χ0n) is 32.7. The molecule has 300 valence electrons. The first-order chi connectivity index (χ1) is 28.3. The Balaban J connectivity index is 0.729. The number of phenols is 1. The van der Waals surface area contributed by atoms with Crippen molar-refractivity contribution < 1.29 is 29.0 Å². The fourth-order valence-electron chi connectivity index (χ4n) is 9.62. The van der Waals surface area contributed by atoms with Gasteiger partial charge in [-0.15, -0.1) is 0 Å². The lowest BCUT2D eigenvalue weighted by Crippen LogP contribution is -2.57. The van der Waals surface area contributed by atoms with Crippen molar-refractivity contribution in [2.24, 2.45) is 0 Å². The minimum absolute atomic E-state index is 0.0852. The van der Waals surface area contributed by atoms with E-state index in [0.29, 0.717) is 76.1 Å². The van der Waals surface area contributed by atoms with Gasteiger partial charge in [0.2, 0.25) is 11.8 Å². The molecule has 58 heavy (non-hydrogen) atoms. The topological polar surface area (TPSA) is 126 Å². The van der Waals surface area contributed by atoms with Crippen molar-refractivity contribution in [1.82, 2.24) is 24.9 Å². The average Bonchev–Trinajstić information content (AvgIpc) is 3.58. The van der Waals surface area contributed by atoms with E-state index in [1.54, 1.807) is 11.0 Å². The Morgan fingerprint density at radius 1 is 0.741 bits per heavy atom. The van der Waals surface area contributed by atoms with Crippen LogP contribution in [0.5, 0.6) is 11.5 Å². The Morgan fingerprint density at radius 3 is 2.22 bits per heavy atom. The largest absolute Gasteiger partial charge is 0.508 e. The normalized spacial score (nSPS) is 22.4. The average molecular weight is 783 g/mol. The van der Waals surface area contributed by atoms with E-state index in [9.17, 15) is 24.3 Å². The van der Waals surface area contributed by atoms with Gasteiger partial charge in [-0.2, -0.15) is 0 Å². The van der Waals surface area contributed by atoms with Crippen molar-refractivity contribution in [2.45, 2.75) is 50.1 Å². The molecular formula is C46H50N6O6. The molecule has 5 aliphatic rings. The van der Waals surface area contributed by atoms with E-state index in [1.165, 1.54) is 22.3 Å². The fourth-order valence-corrected chi connectivity index (χ4v) is 9.62. The summed E-state index contributed by atoms with van der Waals surface area (Å²) in [5.74, 6) is 0.839. The van der Waals surface area contributed by atoms with Crippen molar-refractivity contribution in [2.75, 3.05) is 70.4 Å².